The Hall–Kier alpha value is -4.14. The molecule has 3 aromatic rings. The molecule has 14 heteroatoms. The second kappa shape index (κ2) is 15.9. The Balaban J connectivity index is 1.18. The minimum absolute atomic E-state index is 0.00828. The molecule has 2 bridgehead atoms. The Morgan fingerprint density at radius 2 is 1.53 bits per heavy atom. The Morgan fingerprint density at radius 3 is 2.12 bits per heavy atom. The van der Waals surface area contributed by atoms with Gasteiger partial charge >= 0.3 is 16.2 Å². The molecule has 57 heavy (non-hydrogen) atoms. The number of rotatable bonds is 11. The highest BCUT2D eigenvalue weighted by Gasteiger charge is 2.57. The first-order valence-electron chi connectivity index (χ1n) is 21.1. The Kier molecular flexibility index (Phi) is 11.1. The van der Waals surface area contributed by atoms with Gasteiger partial charge in [-0.3, -0.25) is 9.59 Å². The van der Waals surface area contributed by atoms with Crippen LogP contribution in [0, 0.1) is 5.41 Å². The van der Waals surface area contributed by atoms with Gasteiger partial charge in [0.25, 0.3) is 5.91 Å². The number of nitrogens with one attached hydrogen (secondary N) is 1. The average Bonchev–Trinajstić information content (AvgIpc) is 3.88. The number of piperazine rings is 2. The molecule has 2 unspecified atom stereocenters. The number of urea groups is 1. The molecule has 0 radical (unpaired) electrons. The fraction of sp³-hybridized carbons (Fsp3) is 0.605. The van der Waals surface area contributed by atoms with Crippen LogP contribution in [-0.2, 0) is 21.5 Å². The fourth-order valence-corrected chi connectivity index (χ4v) is 11.2. The van der Waals surface area contributed by atoms with E-state index in [-0.39, 0.29) is 29.6 Å². The molecule has 4 amide bonds. The summed E-state index contributed by atoms with van der Waals surface area (Å²) in [5.41, 5.74) is 3.79. The lowest BCUT2D eigenvalue weighted by Gasteiger charge is -2.43. The number of nitrogens with zero attached hydrogens (tertiary/aromatic N) is 6. The van der Waals surface area contributed by atoms with Crippen LogP contribution in [0.4, 0.5) is 4.79 Å². The van der Waals surface area contributed by atoms with Crippen LogP contribution in [-0.4, -0.2) is 133 Å². The molecule has 2 aromatic carbocycles. The summed E-state index contributed by atoms with van der Waals surface area (Å²) in [6.07, 6.45) is 8.87. The number of carbonyl (C=O) groups excluding carboxylic acids is 3. The summed E-state index contributed by atoms with van der Waals surface area (Å²) in [5.74, 6) is 0.553. The molecule has 308 valence electrons. The number of aromatic nitrogens is 1. The molecular weight excluding hydrogens is 743 g/mol. The van der Waals surface area contributed by atoms with E-state index in [1.165, 1.54) is 16.3 Å². The zero-order chi connectivity index (χ0) is 40.1. The zero-order valence-electron chi connectivity index (χ0n) is 34.0. The van der Waals surface area contributed by atoms with Crippen molar-refractivity contribution in [1.82, 2.24) is 33.2 Å². The van der Waals surface area contributed by atoms with E-state index in [4.69, 9.17) is 4.74 Å². The summed E-state index contributed by atoms with van der Waals surface area (Å²) in [6, 6.07) is 13.7. The van der Waals surface area contributed by atoms with E-state index in [9.17, 15) is 22.8 Å². The van der Waals surface area contributed by atoms with Crippen LogP contribution < -0.4 is 9.46 Å². The molecule has 8 rings (SSSR count). The third-order valence-corrected chi connectivity index (χ3v) is 15.0. The van der Waals surface area contributed by atoms with E-state index >= 15 is 0 Å². The summed E-state index contributed by atoms with van der Waals surface area (Å²) in [4.78, 5) is 50.2. The van der Waals surface area contributed by atoms with Crippen molar-refractivity contribution in [3.8, 4) is 17.0 Å². The van der Waals surface area contributed by atoms with Gasteiger partial charge in [-0.25, -0.2) is 9.52 Å². The Labute approximate surface area is 337 Å². The molecular formula is C43H59N7O6S. The topological polar surface area (TPSA) is 128 Å². The second-order valence-electron chi connectivity index (χ2n) is 17.0. The molecule has 2 saturated carbocycles. The maximum Gasteiger partial charge on any atom is 0.320 e. The van der Waals surface area contributed by atoms with Crippen molar-refractivity contribution < 1.29 is 27.5 Å². The normalized spacial score (nSPS) is 22.8. The quantitative estimate of drug-likeness (QED) is 0.271. The first-order valence-corrected chi connectivity index (χ1v) is 22.6. The smallest absolute Gasteiger partial charge is 0.320 e. The van der Waals surface area contributed by atoms with Crippen LogP contribution in [0.1, 0.15) is 93.5 Å². The Bertz CT molecular complexity index is 2080. The number of likely N-dealkylation sites (tertiary alicyclic amines) is 1. The monoisotopic (exact) mass is 801 g/mol. The van der Waals surface area contributed by atoms with Gasteiger partial charge in [-0.15, -0.1) is 0 Å². The van der Waals surface area contributed by atoms with Gasteiger partial charge in [0.15, 0.2) is 0 Å². The number of likely N-dealkylation sites (N-methyl/N-ethyl adjacent to an activating group) is 1. The van der Waals surface area contributed by atoms with Crippen LogP contribution >= 0.6 is 0 Å². The Morgan fingerprint density at radius 1 is 0.877 bits per heavy atom. The van der Waals surface area contributed by atoms with E-state index in [0.29, 0.717) is 64.8 Å². The van der Waals surface area contributed by atoms with Crippen LogP contribution in [0.2, 0.25) is 0 Å². The summed E-state index contributed by atoms with van der Waals surface area (Å²) < 4.78 is 38.3. The summed E-state index contributed by atoms with van der Waals surface area (Å²) in [6.45, 7) is 8.70. The number of benzene rings is 2. The number of hydrogen-bond acceptors (Lipinski definition) is 7. The molecule has 2 aliphatic carbocycles. The molecule has 5 aliphatic rings. The van der Waals surface area contributed by atoms with E-state index in [0.717, 1.165) is 79.3 Å². The summed E-state index contributed by atoms with van der Waals surface area (Å²) in [5, 5.41) is 1.04. The number of ether oxygens (including phenoxy) is 1. The van der Waals surface area contributed by atoms with Crippen LogP contribution in [0.25, 0.3) is 22.2 Å². The minimum atomic E-state index is -4.04. The van der Waals surface area contributed by atoms with Gasteiger partial charge in [0.1, 0.15) is 5.75 Å². The highest BCUT2D eigenvalue weighted by atomic mass is 32.2. The molecule has 13 nitrogen and oxygen atoms in total. The number of methoxy groups -OCH3 is 1. The predicted octanol–water partition coefficient (Wildman–Crippen LogP) is 5.50. The molecule has 4 heterocycles. The molecule has 1 aromatic heterocycles. The number of amides is 4. The lowest BCUT2D eigenvalue weighted by molar-refractivity contribution is -0.143. The third kappa shape index (κ3) is 7.53. The first kappa shape index (κ1) is 39.7. The molecule has 0 spiro atoms. The standard InChI is InChI=1S/C43H59N7O6S/c1-5-46(6-2)42(53)47-27-33-15-16-34(28-47)50(33)41(52)43(20-21-43)29-49-37-26-32(40(51)44-57(54,55)48-24-22-45(3)23-25-48)14-19-36(37)38(30-10-8-7-9-11-30)39(49)31-12-17-35(56-4)18-13-31/h12-14,17-19,26,30,33-34H,5-11,15-16,20-25,27-29H2,1-4H3,(H,44,51). The molecule has 3 aliphatic heterocycles. The van der Waals surface area contributed by atoms with Crippen molar-refractivity contribution in [2.24, 2.45) is 5.41 Å². The molecule has 1 N–H and O–H groups in total. The summed E-state index contributed by atoms with van der Waals surface area (Å²) >= 11 is 0. The lowest BCUT2D eigenvalue weighted by atomic mass is 9.81. The van der Waals surface area contributed by atoms with Gasteiger partial charge < -0.3 is 28.9 Å². The largest absolute Gasteiger partial charge is 0.497 e. The molecule has 3 saturated heterocycles. The van der Waals surface area contributed by atoms with E-state index in [2.05, 4.69) is 31.2 Å². The number of carbonyl (C=O) groups is 3. The lowest BCUT2D eigenvalue weighted by Crippen LogP contribution is -2.60. The van der Waals surface area contributed by atoms with E-state index in [1.54, 1.807) is 13.2 Å². The third-order valence-electron chi connectivity index (χ3n) is 13.6. The predicted molar refractivity (Wildman–Crippen MR) is 220 cm³/mol. The van der Waals surface area contributed by atoms with Crippen molar-refractivity contribution in [3.05, 3.63) is 53.6 Å². The summed E-state index contributed by atoms with van der Waals surface area (Å²) in [7, 11) is -0.430. The van der Waals surface area contributed by atoms with Crippen LogP contribution in [0.3, 0.4) is 0 Å². The first-order chi connectivity index (χ1) is 27.5. The fourth-order valence-electron chi connectivity index (χ4n) is 10.1. The van der Waals surface area contributed by atoms with E-state index < -0.39 is 21.5 Å². The minimum Gasteiger partial charge on any atom is -0.497 e. The highest BCUT2D eigenvalue weighted by molar-refractivity contribution is 7.87. The van der Waals surface area contributed by atoms with Crippen molar-refractivity contribution in [2.75, 3.05) is 66.5 Å². The van der Waals surface area contributed by atoms with Crippen molar-refractivity contribution >= 4 is 39.0 Å². The maximum absolute atomic E-state index is 15.0. The van der Waals surface area contributed by atoms with E-state index in [1.807, 2.05) is 55.0 Å². The number of hydrogen-bond donors (Lipinski definition) is 1. The zero-order valence-corrected chi connectivity index (χ0v) is 34.9. The van der Waals surface area contributed by atoms with Gasteiger partial charge in [0.05, 0.1) is 18.2 Å². The van der Waals surface area contributed by atoms with Crippen LogP contribution in [0.15, 0.2) is 42.5 Å². The van der Waals surface area contributed by atoms with Crippen LogP contribution in [0.5, 0.6) is 5.75 Å². The molecule has 5 fully saturated rings. The molecule has 2 atom stereocenters. The number of fused-ring (bicyclic) bond motifs is 3. The van der Waals surface area contributed by atoms with Gasteiger partial charge in [-0.2, -0.15) is 12.7 Å². The SMILES string of the molecule is CCN(CC)C(=O)N1CC2CCC(C1)N2C(=O)C1(Cn2c(-c3ccc(OC)cc3)c(C3CCCCC3)c3ccc(C(=O)NS(=O)(=O)N4CCN(C)CC4)cc32)CC1. The maximum atomic E-state index is 15.0. The highest BCUT2D eigenvalue weighted by Crippen LogP contribution is 2.53. The van der Waals surface area contributed by atoms with Gasteiger partial charge in [-0.05, 0) is 113 Å². The van der Waals surface area contributed by atoms with Crippen molar-refractivity contribution in [3.63, 3.8) is 0 Å². The average molecular weight is 802 g/mol. The van der Waals surface area contributed by atoms with Crippen molar-refractivity contribution in [1.29, 1.82) is 0 Å². The second-order valence-corrected chi connectivity index (χ2v) is 18.7. The van der Waals surface area contributed by atoms with Gasteiger partial charge in [0.2, 0.25) is 5.91 Å². The van der Waals surface area contributed by atoms with Gasteiger partial charge in [-0.1, -0.05) is 25.3 Å². The van der Waals surface area contributed by atoms with Crippen molar-refractivity contribution in [2.45, 2.75) is 96.2 Å². The van der Waals surface area contributed by atoms with Gasteiger partial charge in [0, 0.05) is 87.5 Å².